The smallest absolute Gasteiger partial charge is 0.311 e. The average molecular weight is 381 g/mol. The third-order valence-electron chi connectivity index (χ3n) is 3.86. The minimum absolute atomic E-state index is 0.173. The van der Waals surface area contributed by atoms with E-state index >= 15 is 0 Å². The summed E-state index contributed by atoms with van der Waals surface area (Å²) in [6.45, 7) is 4.17. The van der Waals surface area contributed by atoms with E-state index in [1.54, 1.807) is 24.3 Å². The van der Waals surface area contributed by atoms with Crippen molar-refractivity contribution in [3.8, 4) is 5.75 Å². The van der Waals surface area contributed by atoms with E-state index in [0.29, 0.717) is 23.8 Å². The molecule has 0 amide bonds. The first kappa shape index (κ1) is 22.2. The van der Waals surface area contributed by atoms with Gasteiger partial charge in [0.1, 0.15) is 5.75 Å². The highest BCUT2D eigenvalue weighted by atomic mass is 35.5. The summed E-state index contributed by atoms with van der Waals surface area (Å²) >= 11 is 5.83. The largest absolute Gasteiger partial charge is 0.466 e. The number of hydrogen-bond acceptors (Lipinski definition) is 4. The molecule has 4 nitrogen and oxygen atoms in total. The van der Waals surface area contributed by atoms with Gasteiger partial charge in [-0.05, 0) is 43.9 Å². The predicted octanol–water partition coefficient (Wildman–Crippen LogP) is 5.88. The Kier molecular flexibility index (Phi) is 12.3. The molecule has 0 bridgehead atoms. The number of ether oxygens (including phenoxy) is 2. The number of hydrogen-bond donors (Lipinski definition) is 0. The summed E-state index contributed by atoms with van der Waals surface area (Å²) in [5, 5.41) is 0.510. The third kappa shape index (κ3) is 11.7. The van der Waals surface area contributed by atoms with E-state index in [-0.39, 0.29) is 24.8 Å². The van der Waals surface area contributed by atoms with Crippen LogP contribution in [0.25, 0.3) is 0 Å². The Morgan fingerprint density at radius 3 is 2.38 bits per heavy atom. The molecule has 5 heteroatoms. The van der Waals surface area contributed by atoms with Gasteiger partial charge in [0.25, 0.3) is 0 Å². The number of halogens is 1. The van der Waals surface area contributed by atoms with Crippen LogP contribution in [-0.4, -0.2) is 18.5 Å². The van der Waals surface area contributed by atoms with Gasteiger partial charge in [-0.1, -0.05) is 49.4 Å². The van der Waals surface area contributed by atoms with Crippen molar-refractivity contribution in [2.45, 2.75) is 64.2 Å². The van der Waals surface area contributed by atoms with Gasteiger partial charge < -0.3 is 9.47 Å². The molecule has 0 aliphatic heterocycles. The molecule has 144 valence electrons. The molecule has 0 unspecified atom stereocenters. The Labute approximate surface area is 161 Å². The monoisotopic (exact) mass is 380 g/mol. The molecule has 0 aliphatic carbocycles. The predicted molar refractivity (Wildman–Crippen MR) is 104 cm³/mol. The highest BCUT2D eigenvalue weighted by molar-refractivity contribution is 6.30. The molecule has 0 heterocycles. The zero-order chi connectivity index (χ0) is 19.0. The lowest BCUT2D eigenvalue weighted by Crippen LogP contribution is -2.10. The second kappa shape index (κ2) is 14.4. The number of benzene rings is 1. The highest BCUT2D eigenvalue weighted by Crippen LogP contribution is 2.18. The molecule has 0 N–H and O–H groups in total. The van der Waals surface area contributed by atoms with E-state index in [9.17, 15) is 9.59 Å². The van der Waals surface area contributed by atoms with Gasteiger partial charge in [0.05, 0.1) is 6.61 Å². The first-order valence-corrected chi connectivity index (χ1v) is 9.72. The Bertz CT molecular complexity index is 557. The lowest BCUT2D eigenvalue weighted by molar-refractivity contribution is -0.144. The van der Waals surface area contributed by atoms with Crippen molar-refractivity contribution in [2.75, 3.05) is 6.61 Å². The topological polar surface area (TPSA) is 52.6 Å². The van der Waals surface area contributed by atoms with E-state index in [1.807, 2.05) is 6.08 Å². The normalized spacial score (nSPS) is 10.3. The van der Waals surface area contributed by atoms with Gasteiger partial charge in [-0.25, -0.2) is 0 Å². The second-order valence-corrected chi connectivity index (χ2v) is 6.64. The molecule has 0 atom stereocenters. The van der Waals surface area contributed by atoms with Crippen molar-refractivity contribution < 1.29 is 19.1 Å². The van der Waals surface area contributed by atoms with Gasteiger partial charge in [0.2, 0.25) is 0 Å². The van der Waals surface area contributed by atoms with Crippen molar-refractivity contribution >= 4 is 23.5 Å². The SMILES string of the molecule is C=CCCCCCCCCOC(=O)CCCC(=O)Oc1cccc(Cl)c1. The van der Waals surface area contributed by atoms with Crippen molar-refractivity contribution in [2.24, 2.45) is 0 Å². The van der Waals surface area contributed by atoms with Gasteiger partial charge in [-0.15, -0.1) is 6.58 Å². The van der Waals surface area contributed by atoms with Crippen molar-refractivity contribution in [3.05, 3.63) is 41.9 Å². The van der Waals surface area contributed by atoms with Crippen LogP contribution in [0.2, 0.25) is 5.02 Å². The van der Waals surface area contributed by atoms with Gasteiger partial charge in [-0.3, -0.25) is 9.59 Å². The molecule has 1 aromatic rings. The van der Waals surface area contributed by atoms with Crippen molar-refractivity contribution in [1.82, 2.24) is 0 Å². The zero-order valence-electron chi connectivity index (χ0n) is 15.4. The summed E-state index contributed by atoms with van der Waals surface area (Å²) in [6, 6.07) is 6.66. The molecule has 0 aliphatic rings. The van der Waals surface area contributed by atoms with Gasteiger partial charge >= 0.3 is 11.9 Å². The summed E-state index contributed by atoms with van der Waals surface area (Å²) in [4.78, 5) is 23.3. The molecule has 1 rings (SSSR count). The molecule has 0 saturated heterocycles. The van der Waals surface area contributed by atoms with Crippen LogP contribution in [0.3, 0.4) is 0 Å². The number of carbonyl (C=O) groups is 2. The number of carbonyl (C=O) groups excluding carboxylic acids is 2. The van der Waals surface area contributed by atoms with E-state index in [4.69, 9.17) is 21.1 Å². The fourth-order valence-electron chi connectivity index (χ4n) is 2.45. The summed E-state index contributed by atoms with van der Waals surface area (Å²) in [6.07, 6.45) is 10.7. The van der Waals surface area contributed by atoms with E-state index in [1.165, 1.54) is 25.7 Å². The molecule has 26 heavy (non-hydrogen) atoms. The molecular weight excluding hydrogens is 352 g/mol. The van der Waals surface area contributed by atoms with Crippen LogP contribution in [0.15, 0.2) is 36.9 Å². The summed E-state index contributed by atoms with van der Waals surface area (Å²) in [5.74, 6) is -0.224. The molecule has 0 fully saturated rings. The van der Waals surface area contributed by atoms with Crippen LogP contribution < -0.4 is 4.74 Å². The zero-order valence-corrected chi connectivity index (χ0v) is 16.1. The minimum Gasteiger partial charge on any atom is -0.466 e. The van der Waals surface area contributed by atoms with Gasteiger partial charge in [0, 0.05) is 17.9 Å². The average Bonchev–Trinajstić information content (AvgIpc) is 2.60. The Hall–Kier alpha value is -1.81. The molecule has 0 aromatic heterocycles. The Morgan fingerprint density at radius 1 is 0.962 bits per heavy atom. The summed E-state index contributed by atoms with van der Waals surface area (Å²) in [5.41, 5.74) is 0. The first-order chi connectivity index (χ1) is 12.6. The number of rotatable bonds is 14. The molecule has 0 saturated carbocycles. The van der Waals surface area contributed by atoms with Crippen LogP contribution in [0, 0.1) is 0 Å². The summed E-state index contributed by atoms with van der Waals surface area (Å²) < 4.78 is 10.3. The van der Waals surface area contributed by atoms with Gasteiger partial charge in [0.15, 0.2) is 0 Å². The van der Waals surface area contributed by atoms with Crippen molar-refractivity contribution in [3.63, 3.8) is 0 Å². The Balaban J connectivity index is 1.98. The molecule has 0 radical (unpaired) electrons. The van der Waals surface area contributed by atoms with Crippen molar-refractivity contribution in [1.29, 1.82) is 0 Å². The van der Waals surface area contributed by atoms with Crippen LogP contribution >= 0.6 is 11.6 Å². The molecule has 0 spiro atoms. The van der Waals surface area contributed by atoms with Gasteiger partial charge in [-0.2, -0.15) is 0 Å². The van der Waals surface area contributed by atoms with Crippen LogP contribution in [0.5, 0.6) is 5.75 Å². The second-order valence-electron chi connectivity index (χ2n) is 6.20. The Morgan fingerprint density at radius 2 is 1.65 bits per heavy atom. The maximum atomic E-state index is 11.7. The third-order valence-corrected chi connectivity index (χ3v) is 4.09. The fraction of sp³-hybridized carbons (Fsp3) is 0.524. The van der Waals surface area contributed by atoms with E-state index < -0.39 is 0 Å². The van der Waals surface area contributed by atoms with Crippen LogP contribution in [0.4, 0.5) is 0 Å². The molecular formula is C21H29ClO4. The highest BCUT2D eigenvalue weighted by Gasteiger charge is 2.08. The van der Waals surface area contributed by atoms with Crippen LogP contribution in [-0.2, 0) is 14.3 Å². The molecule has 1 aromatic carbocycles. The van der Waals surface area contributed by atoms with E-state index in [2.05, 4.69) is 6.58 Å². The number of unbranched alkanes of at least 4 members (excludes halogenated alkanes) is 6. The number of allylic oxidation sites excluding steroid dienone is 1. The standard InChI is InChI=1S/C21H29ClO4/c1-2-3-4-5-6-7-8-9-16-25-20(23)14-11-15-21(24)26-19-13-10-12-18(22)17-19/h2,10,12-13,17H,1,3-9,11,14-16H2. The minimum atomic E-state index is -0.378. The summed E-state index contributed by atoms with van der Waals surface area (Å²) in [7, 11) is 0. The maximum Gasteiger partial charge on any atom is 0.311 e. The number of esters is 2. The lowest BCUT2D eigenvalue weighted by atomic mass is 10.1. The van der Waals surface area contributed by atoms with E-state index in [0.717, 1.165) is 19.3 Å². The van der Waals surface area contributed by atoms with Crippen LogP contribution in [0.1, 0.15) is 64.2 Å². The fourth-order valence-corrected chi connectivity index (χ4v) is 2.63. The first-order valence-electron chi connectivity index (χ1n) is 9.34. The lowest BCUT2D eigenvalue weighted by Gasteiger charge is -2.06. The quantitative estimate of drug-likeness (QED) is 0.175. The maximum absolute atomic E-state index is 11.7.